The third kappa shape index (κ3) is 7.91. The molecule has 0 bridgehead atoms. The summed E-state index contributed by atoms with van der Waals surface area (Å²) < 4.78 is 7.83. The van der Waals surface area contributed by atoms with Crippen molar-refractivity contribution in [1.29, 1.82) is 0 Å². The zero-order valence-electron chi connectivity index (χ0n) is 37.1. The standard InChI is InChI=1S/C51H54N10O3S/c1-32-33(2)65-50-46(32)48(53-43(30-45-52-21-28-64-45)49-57-54-34(3)61(49)50)36-9-12-38(13-10-36)59-22-19-51(63,20-23-59)31-58-24-26-60(27-25-58)44-18-17-42(55-56-44)47-40(35-7-5-4-6-8-35)15-11-37-29-39(62)14-16-41(37)47/h4-10,12-14,16-18,21,28-29,40,43,47,62-63H,11,15,19-20,22-27,30-31H2,1-3H3/t40-,43-,47+/m1/s1. The summed E-state index contributed by atoms with van der Waals surface area (Å²) in [5.74, 6) is 3.79. The van der Waals surface area contributed by atoms with Gasteiger partial charge in [0.2, 0.25) is 0 Å². The summed E-state index contributed by atoms with van der Waals surface area (Å²) in [6.07, 6.45) is 7.08. The number of anilines is 2. The Morgan fingerprint density at radius 2 is 1.63 bits per heavy atom. The molecule has 7 heterocycles. The summed E-state index contributed by atoms with van der Waals surface area (Å²) in [5, 5.41) is 42.0. The van der Waals surface area contributed by atoms with E-state index in [0.29, 0.717) is 37.4 Å². The van der Waals surface area contributed by atoms with Crippen molar-refractivity contribution in [3.63, 3.8) is 0 Å². The molecule has 3 atom stereocenters. The van der Waals surface area contributed by atoms with Gasteiger partial charge in [0.25, 0.3) is 0 Å². The number of fused-ring (bicyclic) bond motifs is 4. The Labute approximate surface area is 383 Å². The van der Waals surface area contributed by atoms with Gasteiger partial charge in [-0.3, -0.25) is 14.5 Å². The average molecular weight is 887 g/mol. The maximum Gasteiger partial charge on any atom is 0.196 e. The van der Waals surface area contributed by atoms with E-state index in [1.54, 1.807) is 29.9 Å². The number of β-amino-alcohol motifs (C(OH)–C–C–N with tert-alkyl or cyclic N) is 1. The number of nitrogens with zero attached hydrogens (tertiary/aromatic N) is 10. The SMILES string of the molecule is Cc1sc2c(c1C)C(c1ccc(N3CCC(O)(CN4CCN(c5ccc([C@@H]6c7ccc(O)cc7CC[C@@H]6c6ccccc6)nn5)CC4)CC3)cc1)=N[C@H](Cc1ncco1)c1nnc(C)n1-2. The predicted octanol–water partition coefficient (Wildman–Crippen LogP) is 7.89. The van der Waals surface area contributed by atoms with E-state index in [9.17, 15) is 10.2 Å². The molecule has 13 nitrogen and oxygen atoms in total. The first kappa shape index (κ1) is 41.5. The van der Waals surface area contributed by atoms with Gasteiger partial charge in [-0.05, 0) is 111 Å². The predicted molar refractivity (Wildman–Crippen MR) is 253 cm³/mol. The van der Waals surface area contributed by atoms with Gasteiger partial charge in [0.05, 0.1) is 29.6 Å². The highest BCUT2D eigenvalue weighted by atomic mass is 32.1. The molecule has 3 aromatic carbocycles. The van der Waals surface area contributed by atoms with Gasteiger partial charge in [-0.1, -0.05) is 48.5 Å². The van der Waals surface area contributed by atoms with Crippen molar-refractivity contribution >= 4 is 28.6 Å². The van der Waals surface area contributed by atoms with Crippen molar-refractivity contribution < 1.29 is 14.6 Å². The van der Waals surface area contributed by atoms with E-state index >= 15 is 0 Å². The number of aliphatic imine (C=N–C) groups is 1. The quantitative estimate of drug-likeness (QED) is 0.146. The number of piperazine rings is 1. The third-order valence-corrected chi connectivity index (χ3v) is 15.5. The van der Waals surface area contributed by atoms with Gasteiger partial charge in [-0.25, -0.2) is 4.98 Å². The van der Waals surface area contributed by atoms with E-state index in [1.165, 1.54) is 27.1 Å². The number of hydrogen-bond donors (Lipinski definition) is 2. The van der Waals surface area contributed by atoms with Gasteiger partial charge in [0.1, 0.15) is 28.9 Å². The van der Waals surface area contributed by atoms with Crippen molar-refractivity contribution in [1.82, 2.24) is 34.8 Å². The lowest BCUT2D eigenvalue weighted by Gasteiger charge is -2.44. The van der Waals surface area contributed by atoms with Crippen molar-refractivity contribution in [3.8, 4) is 10.8 Å². The highest BCUT2D eigenvalue weighted by Crippen LogP contribution is 2.47. The molecule has 1 aliphatic carbocycles. The monoisotopic (exact) mass is 886 g/mol. The van der Waals surface area contributed by atoms with E-state index in [2.05, 4.69) is 121 Å². The fraction of sp³-hybridized carbons (Fsp3) is 0.373. The molecule has 2 N–H and O–H groups in total. The molecule has 0 unspecified atom stereocenters. The highest BCUT2D eigenvalue weighted by Gasteiger charge is 2.37. The number of benzene rings is 3. The lowest BCUT2D eigenvalue weighted by molar-refractivity contribution is -0.0173. The summed E-state index contributed by atoms with van der Waals surface area (Å²) in [6.45, 7) is 12.0. The van der Waals surface area contributed by atoms with Crippen LogP contribution in [0.4, 0.5) is 11.5 Å². The van der Waals surface area contributed by atoms with Gasteiger partial charge < -0.3 is 24.4 Å². The Hall–Kier alpha value is -6.22. The maximum atomic E-state index is 11.9. The Morgan fingerprint density at radius 3 is 2.37 bits per heavy atom. The van der Waals surface area contributed by atoms with Crippen LogP contribution in [0.2, 0.25) is 0 Å². The van der Waals surface area contributed by atoms with Gasteiger partial charge in [0.15, 0.2) is 17.5 Å². The van der Waals surface area contributed by atoms with Crippen LogP contribution in [0.15, 0.2) is 107 Å². The van der Waals surface area contributed by atoms with Crippen LogP contribution in [0, 0.1) is 20.8 Å². The Bertz CT molecular complexity index is 2820. The van der Waals surface area contributed by atoms with Crippen molar-refractivity contribution in [3.05, 3.63) is 159 Å². The number of rotatable bonds is 9. The smallest absolute Gasteiger partial charge is 0.196 e. The first-order valence-corrected chi connectivity index (χ1v) is 23.7. The lowest BCUT2D eigenvalue weighted by Crippen LogP contribution is -2.55. The minimum Gasteiger partial charge on any atom is -0.508 e. The summed E-state index contributed by atoms with van der Waals surface area (Å²) in [5.41, 5.74) is 9.41. The fourth-order valence-electron chi connectivity index (χ4n) is 10.7. The molecule has 0 saturated carbocycles. The van der Waals surface area contributed by atoms with Crippen LogP contribution in [0.1, 0.15) is 98.6 Å². The summed E-state index contributed by atoms with van der Waals surface area (Å²) >= 11 is 1.75. The molecule has 0 radical (unpaired) electrons. The van der Waals surface area contributed by atoms with E-state index in [0.717, 1.165) is 103 Å². The molecule has 14 heteroatoms. The van der Waals surface area contributed by atoms with E-state index in [4.69, 9.17) is 19.6 Å². The Kier molecular flexibility index (Phi) is 10.8. The molecular weight excluding hydrogens is 833 g/mol. The molecule has 4 aliphatic rings. The average Bonchev–Trinajstić information content (AvgIpc) is 4.04. The number of oxazole rings is 1. The van der Waals surface area contributed by atoms with Crippen LogP contribution in [0.25, 0.3) is 5.00 Å². The van der Waals surface area contributed by atoms with Crippen LogP contribution < -0.4 is 9.80 Å². The van der Waals surface area contributed by atoms with Crippen LogP contribution >= 0.6 is 11.3 Å². The lowest BCUT2D eigenvalue weighted by atomic mass is 9.70. The number of aliphatic hydroxyl groups is 1. The minimum atomic E-state index is -0.738. The van der Waals surface area contributed by atoms with Crippen molar-refractivity contribution in [2.24, 2.45) is 4.99 Å². The minimum absolute atomic E-state index is 0.0661. The third-order valence-electron chi connectivity index (χ3n) is 14.3. The van der Waals surface area contributed by atoms with E-state index < -0.39 is 5.60 Å². The molecule has 0 spiro atoms. The highest BCUT2D eigenvalue weighted by molar-refractivity contribution is 7.15. The second-order valence-electron chi connectivity index (χ2n) is 18.3. The fourth-order valence-corrected chi connectivity index (χ4v) is 11.9. The van der Waals surface area contributed by atoms with Gasteiger partial charge >= 0.3 is 0 Å². The number of phenolic OH excluding ortho intramolecular Hbond substituents is 1. The van der Waals surface area contributed by atoms with Crippen LogP contribution in [-0.4, -0.2) is 102 Å². The number of hydrogen-bond acceptors (Lipinski definition) is 13. The zero-order valence-corrected chi connectivity index (χ0v) is 38.0. The van der Waals surface area contributed by atoms with Crippen molar-refractivity contribution in [2.75, 3.05) is 55.6 Å². The Balaban J connectivity index is 0.730. The van der Waals surface area contributed by atoms with E-state index in [1.807, 2.05) is 13.0 Å². The molecule has 4 aromatic heterocycles. The topological polar surface area (TPSA) is 145 Å². The summed E-state index contributed by atoms with van der Waals surface area (Å²) in [6, 6.07) is 29.2. The number of thiophene rings is 1. The maximum absolute atomic E-state index is 11.9. The molecular formula is C51H54N10O3S. The number of piperidine rings is 1. The number of phenols is 1. The molecule has 332 valence electrons. The van der Waals surface area contributed by atoms with Gasteiger partial charge in [-0.2, -0.15) is 5.10 Å². The van der Waals surface area contributed by atoms with Crippen LogP contribution in [-0.2, 0) is 12.8 Å². The zero-order chi connectivity index (χ0) is 44.2. The molecule has 2 saturated heterocycles. The molecule has 65 heavy (non-hydrogen) atoms. The normalized spacial score (nSPS) is 20.7. The first-order chi connectivity index (χ1) is 31.7. The van der Waals surface area contributed by atoms with Crippen LogP contribution in [0.3, 0.4) is 0 Å². The largest absolute Gasteiger partial charge is 0.508 e. The number of aromatic hydroxyl groups is 1. The number of aryl methyl sites for hydroxylation is 3. The summed E-state index contributed by atoms with van der Waals surface area (Å²) in [7, 11) is 0. The first-order valence-electron chi connectivity index (χ1n) is 22.9. The van der Waals surface area contributed by atoms with Crippen LogP contribution in [0.5, 0.6) is 5.75 Å². The van der Waals surface area contributed by atoms with E-state index in [-0.39, 0.29) is 17.9 Å². The molecule has 11 rings (SSSR count). The second-order valence-corrected chi connectivity index (χ2v) is 19.5. The van der Waals surface area contributed by atoms with Gasteiger partial charge in [-0.15, -0.1) is 26.6 Å². The Morgan fingerprint density at radius 1 is 0.831 bits per heavy atom. The molecule has 3 aliphatic heterocycles. The molecule has 7 aromatic rings. The number of aromatic nitrogens is 6. The van der Waals surface area contributed by atoms with Gasteiger partial charge in [0, 0.05) is 73.4 Å². The summed E-state index contributed by atoms with van der Waals surface area (Å²) in [4.78, 5) is 18.2. The molecule has 0 amide bonds. The van der Waals surface area contributed by atoms with Crippen molar-refractivity contribution in [2.45, 2.75) is 76.4 Å². The molecule has 2 fully saturated rings. The second kappa shape index (κ2) is 17.0.